The molecular formula is C16H18ClNOS. The van der Waals surface area contributed by atoms with Crippen LogP contribution in [0.2, 0.25) is 5.02 Å². The molecule has 2 nitrogen and oxygen atoms in total. The van der Waals surface area contributed by atoms with Gasteiger partial charge in [-0.25, -0.2) is 0 Å². The summed E-state index contributed by atoms with van der Waals surface area (Å²) in [7, 11) is 1.68. The first-order valence-electron chi connectivity index (χ1n) is 6.54. The zero-order valence-corrected chi connectivity index (χ0v) is 13.2. The summed E-state index contributed by atoms with van der Waals surface area (Å²) in [6.45, 7) is 3.79. The van der Waals surface area contributed by atoms with E-state index in [4.69, 9.17) is 16.3 Å². The highest BCUT2D eigenvalue weighted by molar-refractivity contribution is 7.99. The molecule has 0 saturated carbocycles. The predicted octanol–water partition coefficient (Wildman–Crippen LogP) is 4.61. The lowest BCUT2D eigenvalue weighted by Crippen LogP contribution is -2.12. The molecule has 0 bridgehead atoms. The van der Waals surface area contributed by atoms with E-state index in [1.165, 1.54) is 4.90 Å². The summed E-state index contributed by atoms with van der Waals surface area (Å²) in [5.74, 6) is 0.866. The highest BCUT2D eigenvalue weighted by Gasteiger charge is 2.08. The Labute approximate surface area is 129 Å². The number of rotatable bonds is 6. The summed E-state index contributed by atoms with van der Waals surface area (Å²) >= 11 is 8.02. The maximum Gasteiger partial charge on any atom is 0.119 e. The van der Waals surface area contributed by atoms with Gasteiger partial charge in [-0.05, 0) is 42.4 Å². The lowest BCUT2D eigenvalue weighted by molar-refractivity contribution is 0.413. The number of methoxy groups -OCH3 is 1. The van der Waals surface area contributed by atoms with E-state index in [1.807, 2.05) is 30.3 Å². The second-order valence-corrected chi connectivity index (χ2v) is 5.80. The van der Waals surface area contributed by atoms with E-state index in [2.05, 4.69) is 24.4 Å². The molecule has 0 fully saturated rings. The van der Waals surface area contributed by atoms with Gasteiger partial charge in [-0.3, -0.25) is 0 Å². The van der Waals surface area contributed by atoms with E-state index in [9.17, 15) is 0 Å². The summed E-state index contributed by atoms with van der Waals surface area (Å²) < 4.78 is 5.26. The van der Waals surface area contributed by atoms with Crippen molar-refractivity contribution in [2.45, 2.75) is 23.3 Å². The Morgan fingerprint density at radius 2 is 2.00 bits per heavy atom. The van der Waals surface area contributed by atoms with E-state index in [1.54, 1.807) is 18.9 Å². The third-order valence-corrected chi connectivity index (χ3v) is 4.34. The summed E-state index contributed by atoms with van der Waals surface area (Å²) in [6.07, 6.45) is 0. The molecule has 0 spiro atoms. The topological polar surface area (TPSA) is 21.3 Å². The average Bonchev–Trinajstić information content (AvgIpc) is 2.47. The van der Waals surface area contributed by atoms with Crippen LogP contribution >= 0.6 is 23.4 Å². The van der Waals surface area contributed by atoms with Crippen LogP contribution in [0.1, 0.15) is 12.5 Å². The summed E-state index contributed by atoms with van der Waals surface area (Å²) in [6, 6.07) is 14.1. The molecule has 2 aromatic rings. The molecule has 2 aromatic carbocycles. The molecule has 0 aliphatic carbocycles. The zero-order chi connectivity index (χ0) is 14.4. The van der Waals surface area contributed by atoms with Crippen LogP contribution in [0.5, 0.6) is 5.75 Å². The maximum atomic E-state index is 6.31. The Morgan fingerprint density at radius 3 is 2.75 bits per heavy atom. The molecule has 0 aliphatic heterocycles. The first-order chi connectivity index (χ1) is 9.74. The molecule has 0 heterocycles. The van der Waals surface area contributed by atoms with Crippen molar-refractivity contribution in [2.24, 2.45) is 0 Å². The van der Waals surface area contributed by atoms with Crippen molar-refractivity contribution < 1.29 is 4.74 Å². The first kappa shape index (κ1) is 15.2. The van der Waals surface area contributed by atoms with E-state index < -0.39 is 0 Å². The number of hydrogen-bond donors (Lipinski definition) is 1. The fraction of sp³-hybridized carbons (Fsp3) is 0.250. The van der Waals surface area contributed by atoms with E-state index in [-0.39, 0.29) is 0 Å². The summed E-state index contributed by atoms with van der Waals surface area (Å²) in [4.78, 5) is 2.32. The number of halogens is 1. The highest BCUT2D eigenvalue weighted by Crippen LogP contribution is 2.35. The molecule has 20 heavy (non-hydrogen) atoms. The minimum Gasteiger partial charge on any atom is -0.497 e. The van der Waals surface area contributed by atoms with Gasteiger partial charge >= 0.3 is 0 Å². The van der Waals surface area contributed by atoms with Crippen molar-refractivity contribution in [1.29, 1.82) is 0 Å². The first-order valence-corrected chi connectivity index (χ1v) is 7.74. The summed E-state index contributed by atoms with van der Waals surface area (Å²) in [5, 5.41) is 4.14. The van der Waals surface area contributed by atoms with Crippen LogP contribution in [-0.2, 0) is 6.54 Å². The van der Waals surface area contributed by atoms with Gasteiger partial charge in [0, 0.05) is 21.4 Å². The minimum atomic E-state index is 0.780. The molecule has 0 radical (unpaired) electrons. The van der Waals surface area contributed by atoms with Crippen molar-refractivity contribution in [3.8, 4) is 5.75 Å². The van der Waals surface area contributed by atoms with Gasteiger partial charge in [0.15, 0.2) is 0 Å². The molecule has 0 amide bonds. The molecule has 4 heteroatoms. The third-order valence-electron chi connectivity index (χ3n) is 2.90. The van der Waals surface area contributed by atoms with Gasteiger partial charge in [0.05, 0.1) is 7.11 Å². The van der Waals surface area contributed by atoms with Crippen molar-refractivity contribution in [3.05, 3.63) is 53.1 Å². The van der Waals surface area contributed by atoms with Gasteiger partial charge in [0.2, 0.25) is 0 Å². The highest BCUT2D eigenvalue weighted by atomic mass is 35.5. The lowest BCUT2D eigenvalue weighted by Gasteiger charge is -2.12. The number of hydrogen-bond acceptors (Lipinski definition) is 3. The SMILES string of the molecule is CCNCc1c(Cl)cccc1Sc1cccc(OC)c1. The van der Waals surface area contributed by atoms with Crippen molar-refractivity contribution in [1.82, 2.24) is 5.32 Å². The van der Waals surface area contributed by atoms with Crippen LogP contribution in [0.25, 0.3) is 0 Å². The van der Waals surface area contributed by atoms with Crippen molar-refractivity contribution >= 4 is 23.4 Å². The van der Waals surface area contributed by atoms with E-state index in [0.29, 0.717) is 0 Å². The number of ether oxygens (including phenoxy) is 1. The molecule has 106 valence electrons. The Balaban J connectivity index is 2.25. The standard InChI is InChI=1S/C16H18ClNOS/c1-3-18-11-14-15(17)8-5-9-16(14)20-13-7-4-6-12(10-13)19-2/h4-10,18H,3,11H2,1-2H3. The Kier molecular flexibility index (Phi) is 5.77. The molecule has 0 unspecified atom stereocenters. The van der Waals surface area contributed by atoms with Crippen LogP contribution < -0.4 is 10.1 Å². The number of benzene rings is 2. The Hall–Kier alpha value is -1.16. The molecule has 0 aliphatic rings. The van der Waals surface area contributed by atoms with Gasteiger partial charge in [0.1, 0.15) is 5.75 Å². The second-order valence-electron chi connectivity index (χ2n) is 4.28. The van der Waals surface area contributed by atoms with E-state index >= 15 is 0 Å². The second kappa shape index (κ2) is 7.58. The van der Waals surface area contributed by atoms with Crippen LogP contribution in [0.3, 0.4) is 0 Å². The fourth-order valence-corrected chi connectivity index (χ4v) is 3.17. The molecule has 0 aromatic heterocycles. The summed E-state index contributed by atoms with van der Waals surface area (Å²) in [5.41, 5.74) is 1.14. The van der Waals surface area contributed by atoms with Gasteiger partial charge in [-0.15, -0.1) is 0 Å². The van der Waals surface area contributed by atoms with Crippen LogP contribution in [-0.4, -0.2) is 13.7 Å². The Morgan fingerprint density at radius 1 is 1.20 bits per heavy atom. The normalized spacial score (nSPS) is 10.6. The van der Waals surface area contributed by atoms with Crippen LogP contribution in [0.4, 0.5) is 0 Å². The lowest BCUT2D eigenvalue weighted by atomic mass is 10.2. The largest absolute Gasteiger partial charge is 0.497 e. The number of nitrogens with one attached hydrogen (secondary N) is 1. The zero-order valence-electron chi connectivity index (χ0n) is 11.7. The average molecular weight is 308 g/mol. The third kappa shape index (κ3) is 3.92. The predicted molar refractivity (Wildman–Crippen MR) is 85.9 cm³/mol. The molecule has 1 N–H and O–H groups in total. The quantitative estimate of drug-likeness (QED) is 0.842. The van der Waals surface area contributed by atoms with Crippen molar-refractivity contribution in [2.75, 3.05) is 13.7 Å². The maximum absolute atomic E-state index is 6.31. The van der Waals surface area contributed by atoms with Gasteiger partial charge < -0.3 is 10.1 Å². The molecule has 2 rings (SSSR count). The van der Waals surface area contributed by atoms with Gasteiger partial charge in [0.25, 0.3) is 0 Å². The van der Waals surface area contributed by atoms with Crippen LogP contribution in [0, 0.1) is 0 Å². The Bertz CT molecular complexity index is 574. The molecule has 0 atom stereocenters. The minimum absolute atomic E-state index is 0.780. The van der Waals surface area contributed by atoms with Crippen molar-refractivity contribution in [3.63, 3.8) is 0 Å². The van der Waals surface area contributed by atoms with Crippen LogP contribution in [0.15, 0.2) is 52.3 Å². The fourth-order valence-electron chi connectivity index (χ4n) is 1.85. The molecular weight excluding hydrogens is 290 g/mol. The molecule has 0 saturated heterocycles. The van der Waals surface area contributed by atoms with Gasteiger partial charge in [-0.1, -0.05) is 42.4 Å². The van der Waals surface area contributed by atoms with Gasteiger partial charge in [-0.2, -0.15) is 0 Å². The van der Waals surface area contributed by atoms with E-state index in [0.717, 1.165) is 34.3 Å². The smallest absolute Gasteiger partial charge is 0.119 e. The monoisotopic (exact) mass is 307 g/mol.